The summed E-state index contributed by atoms with van der Waals surface area (Å²) in [7, 11) is 1.59. The van der Waals surface area contributed by atoms with Crippen molar-refractivity contribution in [1.82, 2.24) is 14.7 Å². The topological polar surface area (TPSA) is 73.4 Å². The molecule has 0 N–H and O–H groups in total. The van der Waals surface area contributed by atoms with Gasteiger partial charge in [-0.1, -0.05) is 18.2 Å². The van der Waals surface area contributed by atoms with E-state index in [1.54, 1.807) is 41.2 Å². The fourth-order valence-corrected chi connectivity index (χ4v) is 5.16. The summed E-state index contributed by atoms with van der Waals surface area (Å²) in [6.45, 7) is 6.50. The molecule has 1 spiro atoms. The van der Waals surface area contributed by atoms with Gasteiger partial charge in [0.05, 0.1) is 13.8 Å². The Labute approximate surface area is 207 Å². The maximum Gasteiger partial charge on any atom is 0.253 e. The number of hydrogen-bond acceptors (Lipinski definition) is 5. The summed E-state index contributed by atoms with van der Waals surface area (Å²) in [5, 5.41) is 0. The lowest BCUT2D eigenvalue weighted by Gasteiger charge is -2.43. The number of likely N-dealkylation sites (tertiary alicyclic amines) is 1. The number of piperidine rings is 1. The molecule has 3 amide bonds. The molecule has 0 saturated carbocycles. The minimum atomic E-state index is -0.762. The van der Waals surface area contributed by atoms with Crippen LogP contribution in [0.4, 0.5) is 5.69 Å². The van der Waals surface area contributed by atoms with Crippen molar-refractivity contribution in [3.8, 4) is 5.75 Å². The lowest BCUT2D eigenvalue weighted by atomic mass is 9.85. The van der Waals surface area contributed by atoms with Crippen molar-refractivity contribution in [2.45, 2.75) is 32.2 Å². The molecule has 0 unspecified atom stereocenters. The van der Waals surface area contributed by atoms with E-state index in [1.165, 1.54) is 0 Å². The molecule has 2 saturated heterocycles. The van der Waals surface area contributed by atoms with Gasteiger partial charge in [0.25, 0.3) is 11.8 Å². The van der Waals surface area contributed by atoms with Crippen molar-refractivity contribution in [2.24, 2.45) is 0 Å². The molecule has 186 valence electrons. The number of nitrogens with zero attached hydrogens (tertiary/aromatic N) is 4. The molecule has 2 heterocycles. The number of anilines is 1. The van der Waals surface area contributed by atoms with Crippen LogP contribution in [0.3, 0.4) is 0 Å². The van der Waals surface area contributed by atoms with Crippen LogP contribution in [0.5, 0.6) is 5.75 Å². The minimum Gasteiger partial charge on any atom is -0.497 e. The summed E-state index contributed by atoms with van der Waals surface area (Å²) in [6, 6.07) is 17.0. The van der Waals surface area contributed by atoms with Gasteiger partial charge in [-0.05, 0) is 63.1 Å². The van der Waals surface area contributed by atoms with E-state index in [4.69, 9.17) is 4.74 Å². The number of ether oxygens (including phenoxy) is 1. The van der Waals surface area contributed by atoms with Crippen LogP contribution in [0, 0.1) is 0 Å². The van der Waals surface area contributed by atoms with Crippen molar-refractivity contribution in [2.75, 3.05) is 51.4 Å². The second-order valence-corrected chi connectivity index (χ2v) is 9.03. The zero-order chi connectivity index (χ0) is 25.0. The van der Waals surface area contributed by atoms with E-state index < -0.39 is 5.54 Å². The van der Waals surface area contributed by atoms with Crippen LogP contribution in [-0.4, -0.2) is 84.5 Å². The van der Waals surface area contributed by atoms with Gasteiger partial charge in [0, 0.05) is 37.4 Å². The van der Waals surface area contributed by atoms with Gasteiger partial charge in [-0.25, -0.2) is 0 Å². The molecule has 2 fully saturated rings. The maximum absolute atomic E-state index is 13.8. The minimum absolute atomic E-state index is 0.0293. The van der Waals surface area contributed by atoms with Gasteiger partial charge in [0.1, 0.15) is 17.8 Å². The highest BCUT2D eigenvalue weighted by molar-refractivity contribution is 5.97. The average molecular weight is 479 g/mol. The molecule has 35 heavy (non-hydrogen) atoms. The zero-order valence-corrected chi connectivity index (χ0v) is 20.8. The highest BCUT2D eigenvalue weighted by atomic mass is 16.5. The van der Waals surface area contributed by atoms with Crippen LogP contribution in [0.2, 0.25) is 0 Å². The molecule has 8 heteroatoms. The number of likely N-dealkylation sites (N-methyl/N-ethyl adjacent to an activating group) is 1. The fraction of sp³-hybridized carbons (Fsp3) is 0.444. The number of carbonyl (C=O) groups excluding carboxylic acids is 3. The molecular weight excluding hydrogens is 444 g/mol. The highest BCUT2D eigenvalue weighted by Gasteiger charge is 2.54. The summed E-state index contributed by atoms with van der Waals surface area (Å²) >= 11 is 0. The Morgan fingerprint density at radius 1 is 0.971 bits per heavy atom. The largest absolute Gasteiger partial charge is 0.497 e. The normalized spacial score (nSPS) is 17.1. The first kappa shape index (κ1) is 24.6. The second-order valence-electron chi connectivity index (χ2n) is 9.03. The molecule has 0 aromatic heterocycles. The van der Waals surface area contributed by atoms with Crippen LogP contribution < -0.4 is 9.64 Å². The monoisotopic (exact) mass is 478 g/mol. The SMILES string of the molecule is CCN(CC)C(=O)CN1CN(c2ccccc2)C2(CCN(C(=O)c3ccc(OC)cc3)CC2)C1=O. The van der Waals surface area contributed by atoms with Crippen molar-refractivity contribution >= 4 is 23.4 Å². The Hall–Kier alpha value is -3.55. The van der Waals surface area contributed by atoms with Crippen LogP contribution in [0.15, 0.2) is 54.6 Å². The maximum atomic E-state index is 13.8. The molecule has 2 aliphatic heterocycles. The van der Waals surface area contributed by atoms with E-state index >= 15 is 0 Å². The molecule has 0 radical (unpaired) electrons. The summed E-state index contributed by atoms with van der Waals surface area (Å²) in [5.41, 5.74) is 0.793. The van der Waals surface area contributed by atoms with E-state index in [2.05, 4.69) is 4.90 Å². The zero-order valence-electron chi connectivity index (χ0n) is 20.8. The van der Waals surface area contributed by atoms with E-state index in [-0.39, 0.29) is 24.3 Å². The molecule has 4 rings (SSSR count). The summed E-state index contributed by atoms with van der Waals surface area (Å²) in [4.78, 5) is 47.1. The quantitative estimate of drug-likeness (QED) is 0.612. The number of para-hydroxylation sites is 1. The third kappa shape index (κ3) is 4.70. The van der Waals surface area contributed by atoms with Gasteiger partial charge in [0.2, 0.25) is 5.91 Å². The van der Waals surface area contributed by atoms with E-state index in [9.17, 15) is 14.4 Å². The van der Waals surface area contributed by atoms with Gasteiger partial charge < -0.3 is 24.3 Å². The van der Waals surface area contributed by atoms with Gasteiger partial charge in [0.15, 0.2) is 0 Å². The number of hydrogen-bond donors (Lipinski definition) is 0. The fourth-order valence-electron chi connectivity index (χ4n) is 5.16. The average Bonchev–Trinajstić information content (AvgIpc) is 3.16. The molecule has 0 aliphatic carbocycles. The standard InChI is InChI=1S/C27H34N4O4/c1-4-28(5-2)24(32)19-30-20-31(22-9-7-6-8-10-22)27(26(30)34)15-17-29(18-16-27)25(33)21-11-13-23(35-3)14-12-21/h6-14H,4-5,15-20H2,1-3H3. The summed E-state index contributed by atoms with van der Waals surface area (Å²) in [5.74, 6) is 0.584. The Balaban J connectivity index is 1.54. The third-order valence-corrected chi connectivity index (χ3v) is 7.24. The van der Waals surface area contributed by atoms with Crippen LogP contribution >= 0.6 is 0 Å². The first-order valence-electron chi connectivity index (χ1n) is 12.3. The van der Waals surface area contributed by atoms with E-state index in [1.807, 2.05) is 49.1 Å². The van der Waals surface area contributed by atoms with Crippen molar-refractivity contribution in [3.63, 3.8) is 0 Å². The number of methoxy groups -OCH3 is 1. The first-order valence-corrected chi connectivity index (χ1v) is 12.3. The molecule has 2 aromatic carbocycles. The summed E-state index contributed by atoms with van der Waals surface area (Å²) in [6.07, 6.45) is 1.02. The van der Waals surface area contributed by atoms with Crippen molar-refractivity contribution in [3.05, 3.63) is 60.2 Å². The third-order valence-electron chi connectivity index (χ3n) is 7.24. The number of benzene rings is 2. The van der Waals surface area contributed by atoms with E-state index in [0.29, 0.717) is 57.0 Å². The first-order chi connectivity index (χ1) is 16.9. The molecule has 8 nitrogen and oxygen atoms in total. The Kier molecular flexibility index (Phi) is 7.28. The lowest BCUT2D eigenvalue weighted by molar-refractivity contribution is -0.140. The Morgan fingerprint density at radius 3 is 2.17 bits per heavy atom. The molecule has 2 aliphatic rings. The Morgan fingerprint density at radius 2 is 1.60 bits per heavy atom. The van der Waals surface area contributed by atoms with E-state index in [0.717, 1.165) is 5.69 Å². The van der Waals surface area contributed by atoms with Gasteiger partial charge >= 0.3 is 0 Å². The van der Waals surface area contributed by atoms with Crippen LogP contribution in [-0.2, 0) is 9.59 Å². The molecule has 2 aromatic rings. The molecular formula is C27H34N4O4. The highest BCUT2D eigenvalue weighted by Crippen LogP contribution is 2.39. The Bertz CT molecular complexity index is 1040. The number of rotatable bonds is 7. The van der Waals surface area contributed by atoms with Gasteiger partial charge in [-0.2, -0.15) is 0 Å². The number of carbonyl (C=O) groups is 3. The molecule has 0 atom stereocenters. The van der Waals surface area contributed by atoms with Gasteiger partial charge in [-0.15, -0.1) is 0 Å². The smallest absolute Gasteiger partial charge is 0.253 e. The second kappa shape index (κ2) is 10.4. The predicted octanol–water partition coefficient (Wildman–Crippen LogP) is 2.84. The van der Waals surface area contributed by atoms with Crippen LogP contribution in [0.25, 0.3) is 0 Å². The summed E-state index contributed by atoms with van der Waals surface area (Å²) < 4.78 is 5.19. The van der Waals surface area contributed by atoms with Crippen molar-refractivity contribution < 1.29 is 19.1 Å². The van der Waals surface area contributed by atoms with Gasteiger partial charge in [-0.3, -0.25) is 14.4 Å². The lowest BCUT2D eigenvalue weighted by Crippen LogP contribution is -2.57. The van der Waals surface area contributed by atoms with Crippen molar-refractivity contribution in [1.29, 1.82) is 0 Å². The number of amides is 3. The predicted molar refractivity (Wildman–Crippen MR) is 134 cm³/mol. The molecule has 0 bridgehead atoms. The van der Waals surface area contributed by atoms with Crippen LogP contribution in [0.1, 0.15) is 37.0 Å².